The number of hydrogen-bond donors (Lipinski definition) is 0. The van der Waals surface area contributed by atoms with E-state index in [-0.39, 0.29) is 12.2 Å². The van der Waals surface area contributed by atoms with E-state index in [0.717, 1.165) is 22.3 Å². The summed E-state index contributed by atoms with van der Waals surface area (Å²) in [5, 5.41) is 0. The normalized spacial score (nSPS) is 18.4. The first kappa shape index (κ1) is 26.5. The highest BCUT2D eigenvalue weighted by molar-refractivity contribution is 5.39. The lowest BCUT2D eigenvalue weighted by atomic mass is 10.0. The molecule has 0 saturated carbocycles. The molecule has 4 nitrogen and oxygen atoms in total. The zero-order valence-corrected chi connectivity index (χ0v) is 21.8. The van der Waals surface area contributed by atoms with E-state index in [1.54, 1.807) is 0 Å². The van der Waals surface area contributed by atoms with Gasteiger partial charge in [0.25, 0.3) is 0 Å². The summed E-state index contributed by atoms with van der Waals surface area (Å²) < 4.78 is 25.4. The Labute approximate surface area is 230 Å². The van der Waals surface area contributed by atoms with Gasteiger partial charge < -0.3 is 18.9 Å². The van der Waals surface area contributed by atoms with Gasteiger partial charge in [0.15, 0.2) is 11.9 Å². The fourth-order valence-corrected chi connectivity index (χ4v) is 4.33. The second-order valence-electron chi connectivity index (χ2n) is 9.33. The molecule has 0 radical (unpaired) electrons. The van der Waals surface area contributed by atoms with Crippen molar-refractivity contribution < 1.29 is 18.9 Å². The van der Waals surface area contributed by atoms with Crippen LogP contribution in [-0.2, 0) is 38.8 Å². The van der Waals surface area contributed by atoms with Gasteiger partial charge in [-0.1, -0.05) is 115 Å². The minimum atomic E-state index is -0.400. The molecule has 0 spiro atoms. The quantitative estimate of drug-likeness (QED) is 0.220. The van der Waals surface area contributed by atoms with Gasteiger partial charge in [-0.3, -0.25) is 0 Å². The van der Waals surface area contributed by atoms with Gasteiger partial charge in [-0.2, -0.15) is 0 Å². The summed E-state index contributed by atoms with van der Waals surface area (Å²) in [6, 6.07) is 40.3. The monoisotopic (exact) mass is 516 g/mol. The van der Waals surface area contributed by atoms with Crippen LogP contribution >= 0.6 is 0 Å². The van der Waals surface area contributed by atoms with E-state index in [0.29, 0.717) is 32.2 Å². The largest absolute Gasteiger partial charge is 0.477 e. The van der Waals surface area contributed by atoms with Gasteiger partial charge in [-0.05, 0) is 40.8 Å². The van der Waals surface area contributed by atoms with Crippen molar-refractivity contribution in [1.82, 2.24) is 0 Å². The van der Waals surface area contributed by atoms with Crippen LogP contribution in [0.1, 0.15) is 22.3 Å². The molecule has 0 amide bonds. The third kappa shape index (κ3) is 8.17. The molecule has 4 heteroatoms. The van der Waals surface area contributed by atoms with Crippen LogP contribution < -0.4 is 0 Å². The van der Waals surface area contributed by atoms with Crippen LogP contribution in [0.3, 0.4) is 0 Å². The Bertz CT molecular complexity index is 1360. The molecule has 0 aromatic heterocycles. The van der Waals surface area contributed by atoms with Crippen molar-refractivity contribution in [2.24, 2.45) is 0 Å². The Morgan fingerprint density at radius 1 is 0.564 bits per heavy atom. The van der Waals surface area contributed by atoms with E-state index in [1.165, 1.54) is 0 Å². The number of allylic oxidation sites excluding steroid dienone is 1. The molecule has 0 N–H and O–H groups in total. The molecule has 3 atom stereocenters. The summed E-state index contributed by atoms with van der Waals surface area (Å²) in [4.78, 5) is 0. The van der Waals surface area contributed by atoms with Crippen molar-refractivity contribution in [3.8, 4) is 11.8 Å². The molecular weight excluding hydrogens is 484 g/mol. The van der Waals surface area contributed by atoms with Crippen molar-refractivity contribution in [3.05, 3.63) is 155 Å². The lowest BCUT2D eigenvalue weighted by Gasteiger charge is -2.36. The molecule has 4 aromatic rings. The van der Waals surface area contributed by atoms with Gasteiger partial charge >= 0.3 is 0 Å². The Hall–Kier alpha value is -4.14. The molecule has 0 unspecified atom stereocenters. The smallest absolute Gasteiger partial charge is 0.169 e. The molecule has 0 saturated heterocycles. The van der Waals surface area contributed by atoms with E-state index in [2.05, 4.69) is 36.1 Å². The second-order valence-corrected chi connectivity index (χ2v) is 9.33. The molecule has 4 aromatic carbocycles. The summed E-state index contributed by atoms with van der Waals surface area (Å²) in [7, 11) is 0. The first-order valence-electron chi connectivity index (χ1n) is 13.2. The van der Waals surface area contributed by atoms with Gasteiger partial charge in [0.1, 0.15) is 12.2 Å². The summed E-state index contributed by atoms with van der Waals surface area (Å²) in [6.07, 6.45) is 0.783. The predicted molar refractivity (Wildman–Crippen MR) is 152 cm³/mol. The van der Waals surface area contributed by atoms with Crippen LogP contribution in [0.4, 0.5) is 0 Å². The molecule has 0 bridgehead atoms. The van der Waals surface area contributed by atoms with Crippen LogP contribution in [0.5, 0.6) is 0 Å². The maximum absolute atomic E-state index is 6.47. The number of ether oxygens (including phenoxy) is 4. The summed E-state index contributed by atoms with van der Waals surface area (Å²) in [5.41, 5.74) is 4.20. The Balaban J connectivity index is 1.38. The molecule has 196 valence electrons. The van der Waals surface area contributed by atoms with Crippen molar-refractivity contribution in [2.75, 3.05) is 6.61 Å². The number of benzene rings is 4. The van der Waals surface area contributed by atoms with Gasteiger partial charge in [0, 0.05) is 5.56 Å². The third-order valence-electron chi connectivity index (χ3n) is 6.35. The molecule has 0 fully saturated rings. The van der Waals surface area contributed by atoms with Crippen LogP contribution in [0, 0.1) is 11.8 Å². The topological polar surface area (TPSA) is 36.9 Å². The first-order chi connectivity index (χ1) is 19.3. The minimum absolute atomic E-state index is 0.337. The number of rotatable bonds is 10. The molecule has 1 aliphatic rings. The lowest BCUT2D eigenvalue weighted by Crippen LogP contribution is -2.47. The fraction of sp³-hybridized carbons (Fsp3) is 0.200. The van der Waals surface area contributed by atoms with Gasteiger partial charge in [0.05, 0.1) is 26.4 Å². The van der Waals surface area contributed by atoms with Crippen molar-refractivity contribution in [1.29, 1.82) is 0 Å². The Morgan fingerprint density at radius 3 is 1.67 bits per heavy atom. The molecule has 5 rings (SSSR count). The second kappa shape index (κ2) is 14.1. The van der Waals surface area contributed by atoms with Crippen LogP contribution in [0.25, 0.3) is 0 Å². The van der Waals surface area contributed by atoms with Crippen molar-refractivity contribution >= 4 is 0 Å². The molecule has 1 heterocycles. The first-order valence-corrected chi connectivity index (χ1v) is 13.2. The summed E-state index contributed by atoms with van der Waals surface area (Å²) in [5.74, 6) is 6.96. The molecule has 0 aliphatic carbocycles. The van der Waals surface area contributed by atoms with Gasteiger partial charge in [-0.25, -0.2) is 0 Å². The maximum Gasteiger partial charge on any atom is 0.169 e. The minimum Gasteiger partial charge on any atom is -0.477 e. The third-order valence-corrected chi connectivity index (χ3v) is 6.35. The van der Waals surface area contributed by atoms with E-state index < -0.39 is 6.10 Å². The van der Waals surface area contributed by atoms with E-state index >= 15 is 0 Å². The highest BCUT2D eigenvalue weighted by Gasteiger charge is 2.37. The average molecular weight is 517 g/mol. The predicted octanol–water partition coefficient (Wildman–Crippen LogP) is 6.71. The fourth-order valence-electron chi connectivity index (χ4n) is 4.33. The lowest BCUT2D eigenvalue weighted by molar-refractivity contribution is -0.151. The van der Waals surface area contributed by atoms with E-state index in [4.69, 9.17) is 18.9 Å². The molecular formula is C35H32O4. The van der Waals surface area contributed by atoms with Crippen molar-refractivity contribution in [3.63, 3.8) is 0 Å². The maximum atomic E-state index is 6.47. The van der Waals surface area contributed by atoms with Crippen LogP contribution in [0.2, 0.25) is 0 Å². The highest BCUT2D eigenvalue weighted by atomic mass is 16.6. The van der Waals surface area contributed by atoms with Gasteiger partial charge in [0.2, 0.25) is 0 Å². The summed E-state index contributed by atoms with van der Waals surface area (Å²) >= 11 is 0. The molecule has 1 aliphatic heterocycles. The van der Waals surface area contributed by atoms with Crippen LogP contribution in [0.15, 0.2) is 133 Å². The highest BCUT2D eigenvalue weighted by Crippen LogP contribution is 2.26. The van der Waals surface area contributed by atoms with E-state index in [9.17, 15) is 0 Å². The Morgan fingerprint density at radius 2 is 1.08 bits per heavy atom. The molecule has 39 heavy (non-hydrogen) atoms. The summed E-state index contributed by atoms with van der Waals surface area (Å²) in [6.45, 7) is 1.71. The van der Waals surface area contributed by atoms with Crippen LogP contribution in [-0.4, -0.2) is 24.9 Å². The average Bonchev–Trinajstić information content (AvgIpc) is 3.00. The SMILES string of the molecule is C(#Cc1ccccc1)C1=C[C@@H](OCc2ccccc2)[C@H](OCc2ccccc2)[C@@H](COCc2ccccc2)O1. The zero-order valence-electron chi connectivity index (χ0n) is 21.8. The standard InChI is InChI=1S/C35H32O4/c1-5-13-28(14-6-1)21-22-32-23-33(37-25-30-17-9-3-10-18-30)35(38-26-31-19-11-4-12-20-31)34(39-32)27-36-24-29-15-7-2-8-16-29/h1-20,23,33-35H,24-27H2/t33-,34-,35+/m1/s1. The Kier molecular flexibility index (Phi) is 9.59. The van der Waals surface area contributed by atoms with E-state index in [1.807, 2.05) is 103 Å². The zero-order chi connectivity index (χ0) is 26.5. The van der Waals surface area contributed by atoms with Crippen molar-refractivity contribution in [2.45, 2.75) is 38.1 Å². The van der Waals surface area contributed by atoms with Gasteiger partial charge in [-0.15, -0.1) is 0 Å². The number of hydrogen-bond acceptors (Lipinski definition) is 4.